The Bertz CT molecular complexity index is 568. The van der Waals surface area contributed by atoms with Gasteiger partial charge < -0.3 is 10.0 Å². The van der Waals surface area contributed by atoms with E-state index in [9.17, 15) is 9.90 Å². The summed E-state index contributed by atoms with van der Waals surface area (Å²) < 4.78 is 0. The molecule has 3 nitrogen and oxygen atoms in total. The molecule has 1 N–H and O–H groups in total. The fourth-order valence-corrected chi connectivity index (χ4v) is 4.81. The highest BCUT2D eigenvalue weighted by Crippen LogP contribution is 2.40. The molecule has 0 radical (unpaired) electrons. The van der Waals surface area contributed by atoms with Gasteiger partial charge in [0.15, 0.2) is 0 Å². The van der Waals surface area contributed by atoms with Gasteiger partial charge in [0.25, 0.3) is 0 Å². The largest absolute Gasteiger partial charge is 0.385 e. The van der Waals surface area contributed by atoms with Crippen LogP contribution in [0.25, 0.3) is 0 Å². The van der Waals surface area contributed by atoms with Gasteiger partial charge >= 0.3 is 0 Å². The molecule has 3 atom stereocenters. The molecule has 2 aliphatic rings. The van der Waals surface area contributed by atoms with Crippen LogP contribution >= 0.6 is 11.6 Å². The Morgan fingerprint density at radius 1 is 1.08 bits per heavy atom. The Hall–Kier alpha value is -1.06. The van der Waals surface area contributed by atoms with Gasteiger partial charge in [0.05, 0.1) is 5.60 Å². The van der Waals surface area contributed by atoms with Crippen LogP contribution in [0.3, 0.4) is 0 Å². The number of benzene rings is 1. The molecule has 1 aromatic rings. The zero-order valence-corrected chi connectivity index (χ0v) is 15.4. The summed E-state index contributed by atoms with van der Waals surface area (Å²) in [6.07, 6.45) is 6.80. The maximum atomic E-state index is 13.0. The quantitative estimate of drug-likeness (QED) is 0.853. The highest BCUT2D eigenvalue weighted by Gasteiger charge is 2.44. The highest BCUT2D eigenvalue weighted by atomic mass is 35.5. The molecular formula is C20H28ClNO2. The third-order valence-corrected chi connectivity index (χ3v) is 6.06. The van der Waals surface area contributed by atoms with Crippen molar-refractivity contribution in [3.8, 4) is 0 Å². The van der Waals surface area contributed by atoms with Crippen LogP contribution in [0.15, 0.2) is 24.3 Å². The van der Waals surface area contributed by atoms with Crippen molar-refractivity contribution in [1.82, 2.24) is 4.90 Å². The number of nitrogens with zero attached hydrogens (tertiary/aromatic N) is 1. The topological polar surface area (TPSA) is 40.5 Å². The molecule has 1 saturated carbocycles. The Kier molecular flexibility index (Phi) is 5.22. The number of carbonyl (C=O) groups excluding carboxylic acids is 1. The molecule has 2 fully saturated rings. The molecule has 1 heterocycles. The van der Waals surface area contributed by atoms with Gasteiger partial charge in [-0.25, -0.2) is 0 Å². The SMILES string of the molecule is CC1CC(O)(c2ccc(Cl)cc2)C[C@H](C)N1C(=O)C1CCCCC1. The van der Waals surface area contributed by atoms with Crippen molar-refractivity contribution >= 4 is 17.5 Å². The molecule has 3 rings (SSSR count). The molecule has 1 aromatic carbocycles. The third-order valence-electron chi connectivity index (χ3n) is 5.81. The van der Waals surface area contributed by atoms with Crippen molar-refractivity contribution in [2.24, 2.45) is 5.92 Å². The van der Waals surface area contributed by atoms with Crippen LogP contribution in [0.1, 0.15) is 64.4 Å². The van der Waals surface area contributed by atoms with Crippen molar-refractivity contribution in [3.05, 3.63) is 34.9 Å². The van der Waals surface area contributed by atoms with E-state index in [1.54, 1.807) is 0 Å². The number of hydrogen-bond donors (Lipinski definition) is 1. The van der Waals surface area contributed by atoms with Gasteiger partial charge in [0, 0.05) is 35.9 Å². The van der Waals surface area contributed by atoms with Gasteiger partial charge in [0.2, 0.25) is 5.91 Å². The minimum Gasteiger partial charge on any atom is -0.385 e. The molecular weight excluding hydrogens is 322 g/mol. The first-order valence-electron chi connectivity index (χ1n) is 9.21. The van der Waals surface area contributed by atoms with E-state index in [0.717, 1.165) is 18.4 Å². The van der Waals surface area contributed by atoms with Gasteiger partial charge in [0.1, 0.15) is 0 Å². The Balaban J connectivity index is 1.76. The van der Waals surface area contributed by atoms with E-state index < -0.39 is 5.60 Å². The van der Waals surface area contributed by atoms with Crippen LogP contribution in [-0.4, -0.2) is 28.0 Å². The molecule has 2 unspecified atom stereocenters. The van der Waals surface area contributed by atoms with Crippen molar-refractivity contribution in [2.45, 2.75) is 76.5 Å². The van der Waals surface area contributed by atoms with E-state index in [1.165, 1.54) is 19.3 Å². The summed E-state index contributed by atoms with van der Waals surface area (Å²) in [7, 11) is 0. The number of halogens is 1. The normalized spacial score (nSPS) is 31.9. The summed E-state index contributed by atoms with van der Waals surface area (Å²) in [5.41, 5.74) is 0.0163. The van der Waals surface area contributed by atoms with Gasteiger partial charge in [-0.1, -0.05) is 43.0 Å². The molecule has 1 aliphatic heterocycles. The summed E-state index contributed by atoms with van der Waals surface area (Å²) in [6.45, 7) is 4.13. The maximum Gasteiger partial charge on any atom is 0.226 e. The standard InChI is InChI=1S/C20H28ClNO2/c1-14-12-20(24,17-8-10-18(21)11-9-17)13-15(2)22(14)19(23)16-6-4-3-5-7-16/h8-11,14-16,24H,3-7,12-13H2,1-2H3/t14-,15?,20?/m0/s1. The van der Waals surface area contributed by atoms with E-state index in [2.05, 4.69) is 13.8 Å². The molecule has 4 heteroatoms. The van der Waals surface area contributed by atoms with Gasteiger partial charge in [-0.05, 0) is 44.4 Å². The van der Waals surface area contributed by atoms with E-state index in [4.69, 9.17) is 11.6 Å². The molecule has 0 aromatic heterocycles. The van der Waals surface area contributed by atoms with Crippen molar-refractivity contribution in [3.63, 3.8) is 0 Å². The van der Waals surface area contributed by atoms with Crippen LogP contribution < -0.4 is 0 Å². The number of likely N-dealkylation sites (tertiary alicyclic amines) is 1. The smallest absolute Gasteiger partial charge is 0.226 e. The van der Waals surface area contributed by atoms with Crippen molar-refractivity contribution < 1.29 is 9.90 Å². The third kappa shape index (κ3) is 3.48. The summed E-state index contributed by atoms with van der Waals surface area (Å²) in [5, 5.41) is 11.9. The number of hydrogen-bond acceptors (Lipinski definition) is 2. The lowest BCUT2D eigenvalue weighted by Gasteiger charge is -2.48. The highest BCUT2D eigenvalue weighted by molar-refractivity contribution is 6.30. The van der Waals surface area contributed by atoms with E-state index >= 15 is 0 Å². The molecule has 24 heavy (non-hydrogen) atoms. The Morgan fingerprint density at radius 3 is 2.17 bits per heavy atom. The first-order valence-corrected chi connectivity index (χ1v) is 9.59. The van der Waals surface area contributed by atoms with Crippen LogP contribution in [0.5, 0.6) is 0 Å². The summed E-state index contributed by atoms with van der Waals surface area (Å²) in [4.78, 5) is 15.0. The fourth-order valence-electron chi connectivity index (χ4n) is 4.68. The van der Waals surface area contributed by atoms with Crippen LogP contribution in [0, 0.1) is 5.92 Å². The second-order valence-corrected chi connectivity index (χ2v) is 8.16. The van der Waals surface area contributed by atoms with E-state index in [1.807, 2.05) is 29.2 Å². The number of carbonyl (C=O) groups is 1. The molecule has 132 valence electrons. The predicted octanol–water partition coefficient (Wildman–Crippen LogP) is 4.51. The fraction of sp³-hybridized carbons (Fsp3) is 0.650. The molecule has 1 amide bonds. The number of piperidine rings is 1. The monoisotopic (exact) mass is 349 g/mol. The van der Waals surface area contributed by atoms with Gasteiger partial charge in [-0.15, -0.1) is 0 Å². The van der Waals surface area contributed by atoms with Crippen molar-refractivity contribution in [1.29, 1.82) is 0 Å². The van der Waals surface area contributed by atoms with Crippen LogP contribution in [0.4, 0.5) is 0 Å². The zero-order valence-electron chi connectivity index (χ0n) is 14.7. The number of aliphatic hydroxyl groups is 1. The van der Waals surface area contributed by atoms with E-state index in [-0.39, 0.29) is 18.0 Å². The molecule has 1 saturated heterocycles. The average molecular weight is 350 g/mol. The lowest BCUT2D eigenvalue weighted by molar-refractivity contribution is -0.150. The Labute approximate surface area is 150 Å². The molecule has 0 bridgehead atoms. The summed E-state index contributed by atoms with van der Waals surface area (Å²) >= 11 is 5.97. The summed E-state index contributed by atoms with van der Waals surface area (Å²) in [6, 6.07) is 7.54. The molecule has 0 spiro atoms. The number of amides is 1. The van der Waals surface area contributed by atoms with Gasteiger partial charge in [-0.3, -0.25) is 4.79 Å². The van der Waals surface area contributed by atoms with E-state index in [0.29, 0.717) is 23.8 Å². The Morgan fingerprint density at radius 2 is 1.62 bits per heavy atom. The van der Waals surface area contributed by atoms with Crippen molar-refractivity contribution in [2.75, 3.05) is 0 Å². The lowest BCUT2D eigenvalue weighted by atomic mass is 9.77. The van der Waals surface area contributed by atoms with Crippen LogP contribution in [0.2, 0.25) is 5.02 Å². The minimum atomic E-state index is -0.882. The minimum absolute atomic E-state index is 0.0452. The van der Waals surface area contributed by atoms with Crippen LogP contribution in [-0.2, 0) is 10.4 Å². The first-order chi connectivity index (χ1) is 11.4. The summed E-state index contributed by atoms with van der Waals surface area (Å²) in [5.74, 6) is 0.484. The average Bonchev–Trinajstić information content (AvgIpc) is 2.55. The lowest BCUT2D eigenvalue weighted by Crippen LogP contribution is -2.56. The predicted molar refractivity (Wildman–Crippen MR) is 96.9 cm³/mol. The number of rotatable bonds is 2. The zero-order chi connectivity index (χ0) is 17.3. The second-order valence-electron chi connectivity index (χ2n) is 7.73. The first kappa shape index (κ1) is 17.8. The maximum absolute atomic E-state index is 13.0. The van der Waals surface area contributed by atoms with Gasteiger partial charge in [-0.2, -0.15) is 0 Å². The second kappa shape index (κ2) is 7.05. The molecule has 1 aliphatic carbocycles.